The summed E-state index contributed by atoms with van der Waals surface area (Å²) in [6, 6.07) is -0.375. The van der Waals surface area contributed by atoms with Crippen LogP contribution >= 0.6 is 0 Å². The third kappa shape index (κ3) is 8.28. The SMILES string of the molecule is CCOC(=O)C1CCCCCCCCCCCCN=N1. The third-order valence-corrected chi connectivity index (χ3v) is 3.77. The normalized spacial score (nSPS) is 23.6. The summed E-state index contributed by atoms with van der Waals surface area (Å²) >= 11 is 0. The first-order chi connectivity index (χ1) is 9.84. The van der Waals surface area contributed by atoms with Gasteiger partial charge in [0.15, 0.2) is 6.04 Å². The van der Waals surface area contributed by atoms with Crippen molar-refractivity contribution >= 4 is 5.97 Å². The van der Waals surface area contributed by atoms with Gasteiger partial charge in [-0.3, -0.25) is 0 Å². The van der Waals surface area contributed by atoms with Gasteiger partial charge in [-0.05, 0) is 19.8 Å². The maximum absolute atomic E-state index is 11.8. The Morgan fingerprint density at radius 3 is 2.10 bits per heavy atom. The van der Waals surface area contributed by atoms with Gasteiger partial charge in [-0.15, -0.1) is 0 Å². The van der Waals surface area contributed by atoms with Crippen LogP contribution < -0.4 is 0 Å². The van der Waals surface area contributed by atoms with E-state index in [0.717, 1.165) is 25.8 Å². The van der Waals surface area contributed by atoms with Crippen molar-refractivity contribution in [2.45, 2.75) is 83.6 Å². The molecule has 4 heteroatoms. The molecule has 0 aromatic carbocycles. The van der Waals surface area contributed by atoms with Gasteiger partial charge >= 0.3 is 5.97 Å². The number of carbonyl (C=O) groups excluding carboxylic acids is 1. The summed E-state index contributed by atoms with van der Waals surface area (Å²) in [6.07, 6.45) is 13.3. The first-order valence-corrected chi connectivity index (χ1v) is 8.38. The predicted molar refractivity (Wildman–Crippen MR) is 80.9 cm³/mol. The lowest BCUT2D eigenvalue weighted by molar-refractivity contribution is -0.144. The number of carbonyl (C=O) groups is 1. The topological polar surface area (TPSA) is 51.0 Å². The number of hydrogen-bond donors (Lipinski definition) is 0. The molecule has 1 atom stereocenters. The van der Waals surface area contributed by atoms with Crippen LogP contribution in [0.25, 0.3) is 0 Å². The van der Waals surface area contributed by atoms with Gasteiger partial charge in [0, 0.05) is 0 Å². The second-order valence-corrected chi connectivity index (χ2v) is 5.57. The molecule has 0 saturated carbocycles. The molecular formula is C16H30N2O2. The Morgan fingerprint density at radius 1 is 0.950 bits per heavy atom. The second-order valence-electron chi connectivity index (χ2n) is 5.57. The first-order valence-electron chi connectivity index (χ1n) is 8.38. The molecule has 20 heavy (non-hydrogen) atoms. The average Bonchev–Trinajstić information content (AvgIpc) is 2.45. The van der Waals surface area contributed by atoms with Crippen molar-refractivity contribution < 1.29 is 9.53 Å². The Labute approximate surface area is 123 Å². The largest absolute Gasteiger partial charge is 0.464 e. The highest BCUT2D eigenvalue weighted by atomic mass is 16.5. The zero-order valence-electron chi connectivity index (χ0n) is 13.0. The number of ether oxygens (including phenoxy) is 1. The quantitative estimate of drug-likeness (QED) is 0.691. The van der Waals surface area contributed by atoms with Crippen molar-refractivity contribution in [3.63, 3.8) is 0 Å². The molecule has 1 unspecified atom stereocenters. The van der Waals surface area contributed by atoms with Gasteiger partial charge in [-0.2, -0.15) is 10.2 Å². The first kappa shape index (κ1) is 17.1. The van der Waals surface area contributed by atoms with Crippen LogP contribution in [0.1, 0.15) is 77.6 Å². The molecule has 116 valence electrons. The Morgan fingerprint density at radius 2 is 1.50 bits per heavy atom. The standard InChI is InChI=1S/C16H30N2O2/c1-2-20-16(19)15-13-11-9-7-5-3-4-6-8-10-12-14-17-18-15/h15H,2-14H2,1H3. The third-order valence-electron chi connectivity index (χ3n) is 3.77. The summed E-state index contributed by atoms with van der Waals surface area (Å²) < 4.78 is 5.08. The van der Waals surface area contributed by atoms with Crippen LogP contribution in [0.3, 0.4) is 0 Å². The van der Waals surface area contributed by atoms with E-state index in [4.69, 9.17) is 4.74 Å². The second kappa shape index (κ2) is 11.9. The maximum atomic E-state index is 11.8. The van der Waals surface area contributed by atoms with Crippen LogP contribution in [0.15, 0.2) is 10.2 Å². The molecule has 0 aliphatic carbocycles. The molecule has 0 spiro atoms. The molecule has 4 nitrogen and oxygen atoms in total. The minimum Gasteiger partial charge on any atom is -0.464 e. The van der Waals surface area contributed by atoms with Gasteiger partial charge < -0.3 is 4.74 Å². The molecular weight excluding hydrogens is 252 g/mol. The van der Waals surface area contributed by atoms with E-state index < -0.39 is 0 Å². The van der Waals surface area contributed by atoms with E-state index in [0.29, 0.717) is 6.61 Å². The summed E-state index contributed by atoms with van der Waals surface area (Å²) in [7, 11) is 0. The Hall–Kier alpha value is -0.930. The molecule has 1 heterocycles. The molecule has 0 aromatic rings. The van der Waals surface area contributed by atoms with E-state index in [9.17, 15) is 4.79 Å². The van der Waals surface area contributed by atoms with E-state index in [2.05, 4.69) is 10.2 Å². The van der Waals surface area contributed by atoms with Crippen LogP contribution in [0.5, 0.6) is 0 Å². The highest BCUT2D eigenvalue weighted by Gasteiger charge is 2.18. The zero-order valence-corrected chi connectivity index (χ0v) is 13.0. The lowest BCUT2D eigenvalue weighted by Crippen LogP contribution is -2.21. The van der Waals surface area contributed by atoms with Crippen molar-refractivity contribution in [1.82, 2.24) is 0 Å². The van der Waals surface area contributed by atoms with Crippen molar-refractivity contribution in [2.75, 3.05) is 13.2 Å². The summed E-state index contributed by atoms with van der Waals surface area (Å²) in [4.78, 5) is 11.8. The van der Waals surface area contributed by atoms with Gasteiger partial charge in [0.05, 0.1) is 13.2 Å². The zero-order chi connectivity index (χ0) is 14.5. The van der Waals surface area contributed by atoms with Gasteiger partial charge in [0.1, 0.15) is 0 Å². The predicted octanol–water partition coefficient (Wildman–Crippen LogP) is 4.68. The summed E-state index contributed by atoms with van der Waals surface area (Å²) in [5, 5.41) is 8.39. The fourth-order valence-electron chi connectivity index (χ4n) is 2.55. The van der Waals surface area contributed by atoms with Crippen LogP contribution in [0, 0.1) is 0 Å². The number of rotatable bonds is 2. The molecule has 0 bridgehead atoms. The molecule has 1 rings (SSSR count). The number of azo groups is 1. The van der Waals surface area contributed by atoms with E-state index in [1.54, 1.807) is 0 Å². The Balaban J connectivity index is 2.42. The minimum atomic E-state index is -0.375. The molecule has 0 amide bonds. The van der Waals surface area contributed by atoms with Crippen molar-refractivity contribution in [2.24, 2.45) is 10.2 Å². The van der Waals surface area contributed by atoms with Crippen LogP contribution in [0.4, 0.5) is 0 Å². The van der Waals surface area contributed by atoms with Crippen LogP contribution in [-0.2, 0) is 9.53 Å². The molecule has 0 fully saturated rings. The molecule has 0 aromatic heterocycles. The lowest BCUT2D eigenvalue weighted by Gasteiger charge is -2.10. The van der Waals surface area contributed by atoms with Gasteiger partial charge in [-0.25, -0.2) is 4.79 Å². The van der Waals surface area contributed by atoms with Crippen LogP contribution in [-0.4, -0.2) is 25.2 Å². The lowest BCUT2D eigenvalue weighted by atomic mass is 10.0. The smallest absolute Gasteiger partial charge is 0.332 e. The summed E-state index contributed by atoms with van der Waals surface area (Å²) in [5.41, 5.74) is 0. The highest BCUT2D eigenvalue weighted by molar-refractivity contribution is 5.75. The number of nitrogens with zero attached hydrogens (tertiary/aromatic N) is 2. The molecule has 1 aliphatic heterocycles. The maximum Gasteiger partial charge on any atom is 0.332 e. The molecule has 1 aliphatic rings. The number of hydrogen-bond acceptors (Lipinski definition) is 4. The minimum absolute atomic E-state index is 0.208. The Kier molecular flexibility index (Phi) is 10.2. The summed E-state index contributed by atoms with van der Waals surface area (Å²) in [5.74, 6) is -0.208. The molecule has 0 saturated heterocycles. The van der Waals surface area contributed by atoms with E-state index in [1.807, 2.05) is 6.92 Å². The van der Waals surface area contributed by atoms with Crippen LogP contribution in [0.2, 0.25) is 0 Å². The highest BCUT2D eigenvalue weighted by Crippen LogP contribution is 2.14. The van der Waals surface area contributed by atoms with Crippen molar-refractivity contribution in [3.05, 3.63) is 0 Å². The van der Waals surface area contributed by atoms with Gasteiger partial charge in [0.2, 0.25) is 0 Å². The number of esters is 1. The van der Waals surface area contributed by atoms with E-state index in [1.165, 1.54) is 51.4 Å². The van der Waals surface area contributed by atoms with Gasteiger partial charge in [-0.1, -0.05) is 57.8 Å². The fourth-order valence-corrected chi connectivity index (χ4v) is 2.55. The molecule has 0 radical (unpaired) electrons. The van der Waals surface area contributed by atoms with Gasteiger partial charge in [0.25, 0.3) is 0 Å². The van der Waals surface area contributed by atoms with E-state index >= 15 is 0 Å². The Bertz CT molecular complexity index is 280. The van der Waals surface area contributed by atoms with E-state index in [-0.39, 0.29) is 12.0 Å². The van der Waals surface area contributed by atoms with Crippen molar-refractivity contribution in [3.8, 4) is 0 Å². The van der Waals surface area contributed by atoms with Crippen molar-refractivity contribution in [1.29, 1.82) is 0 Å². The monoisotopic (exact) mass is 282 g/mol. The molecule has 0 N–H and O–H groups in total. The fraction of sp³-hybridized carbons (Fsp3) is 0.938. The summed E-state index contributed by atoms with van der Waals surface area (Å²) in [6.45, 7) is 3.00. The average molecular weight is 282 g/mol.